The minimum absolute atomic E-state index is 0.209. The van der Waals surface area contributed by atoms with E-state index in [1.165, 1.54) is 77.5 Å². The Labute approximate surface area is 197 Å². The zero-order valence-electron chi connectivity index (χ0n) is 19.6. The molecule has 0 bridgehead atoms. The summed E-state index contributed by atoms with van der Waals surface area (Å²) >= 11 is 0. The highest BCUT2D eigenvalue weighted by molar-refractivity contribution is 7.79. The maximum atomic E-state index is 8.52. The first kappa shape index (κ1) is 27.9. The van der Waals surface area contributed by atoms with Crippen molar-refractivity contribution in [3.05, 3.63) is 0 Å². The summed E-state index contributed by atoms with van der Waals surface area (Å²) in [5.74, 6) is 0.418. The Morgan fingerprint density at radius 3 is 1.21 bits per heavy atom. The molecule has 2 spiro atoms. The molecule has 0 unspecified atom stereocenters. The van der Waals surface area contributed by atoms with Crippen LogP contribution < -0.4 is 22.1 Å². The van der Waals surface area contributed by atoms with Gasteiger partial charge in [-0.25, -0.2) is 10.8 Å². The number of hydrogen-bond donors (Lipinski definition) is 6. The Hall–Kier alpha value is -1.35. The van der Waals surface area contributed by atoms with Gasteiger partial charge in [0.1, 0.15) is 0 Å². The number of nitrogens with two attached hydrogens (primary N) is 4. The number of rotatable bonds is 6. The molecule has 4 rings (SSSR count). The third kappa shape index (κ3) is 12.6. The lowest BCUT2D eigenvalue weighted by Crippen LogP contribution is -2.91. The SMILES string of the molecule is N=C(N)[NH2+]CCN1CCC2(CC1)CC2.N=C(N)[NH2+]CCN1CCC2(CC1)CC2.O=S(=O)([O-])[O-]. The van der Waals surface area contributed by atoms with E-state index in [0.717, 1.165) is 37.0 Å². The van der Waals surface area contributed by atoms with Gasteiger partial charge in [0.2, 0.25) is 0 Å². The van der Waals surface area contributed by atoms with Crippen LogP contribution in [0.3, 0.4) is 0 Å². The second-order valence-corrected chi connectivity index (χ2v) is 10.8. The van der Waals surface area contributed by atoms with E-state index in [-0.39, 0.29) is 11.9 Å². The van der Waals surface area contributed by atoms with Crippen molar-refractivity contribution in [2.24, 2.45) is 22.3 Å². The summed E-state index contributed by atoms with van der Waals surface area (Å²) in [6, 6.07) is 0. The highest BCUT2D eigenvalue weighted by Crippen LogP contribution is 2.54. The molecule has 33 heavy (non-hydrogen) atoms. The van der Waals surface area contributed by atoms with Crippen molar-refractivity contribution >= 4 is 22.3 Å². The summed E-state index contributed by atoms with van der Waals surface area (Å²) in [7, 11) is -5.17. The number of nitrogens with zero attached hydrogens (tertiary/aromatic N) is 2. The highest BCUT2D eigenvalue weighted by atomic mass is 32.3. The molecule has 0 aromatic carbocycles. The van der Waals surface area contributed by atoms with E-state index in [0.29, 0.717) is 0 Å². The van der Waals surface area contributed by atoms with Crippen LogP contribution in [0, 0.1) is 21.6 Å². The van der Waals surface area contributed by atoms with Gasteiger partial charge in [-0.3, -0.25) is 28.9 Å². The van der Waals surface area contributed by atoms with E-state index in [1.54, 1.807) is 0 Å². The van der Waals surface area contributed by atoms with Crippen LogP contribution in [-0.4, -0.2) is 91.6 Å². The van der Waals surface area contributed by atoms with Gasteiger partial charge in [-0.2, -0.15) is 0 Å². The summed E-state index contributed by atoms with van der Waals surface area (Å²) in [4.78, 5) is 5.01. The molecule has 13 heteroatoms. The molecular weight excluding hydrogens is 448 g/mol. The average molecular weight is 491 g/mol. The molecule has 4 aliphatic rings. The quantitative estimate of drug-likeness (QED) is 0.0992. The first-order valence-electron chi connectivity index (χ1n) is 11.9. The van der Waals surface area contributed by atoms with Gasteiger partial charge in [-0.05, 0) is 88.4 Å². The fourth-order valence-corrected chi connectivity index (χ4v) is 4.66. The van der Waals surface area contributed by atoms with E-state index in [2.05, 4.69) is 9.80 Å². The first-order valence-corrected chi connectivity index (χ1v) is 13.2. The highest BCUT2D eigenvalue weighted by Gasteiger charge is 2.44. The van der Waals surface area contributed by atoms with E-state index in [9.17, 15) is 0 Å². The van der Waals surface area contributed by atoms with Crippen molar-refractivity contribution < 1.29 is 28.2 Å². The number of nitrogens with one attached hydrogen (secondary N) is 2. The summed E-state index contributed by atoms with van der Waals surface area (Å²) in [6.07, 6.45) is 11.5. The van der Waals surface area contributed by atoms with Crippen molar-refractivity contribution in [2.45, 2.75) is 51.4 Å². The number of likely N-dealkylation sites (tertiary alicyclic amines) is 2. The lowest BCUT2D eigenvalue weighted by Gasteiger charge is -2.31. The monoisotopic (exact) mass is 490 g/mol. The smallest absolute Gasteiger partial charge is 0.288 e. The third-order valence-corrected chi connectivity index (χ3v) is 7.37. The predicted molar refractivity (Wildman–Crippen MR) is 123 cm³/mol. The van der Waals surface area contributed by atoms with Crippen LogP contribution in [0.4, 0.5) is 0 Å². The molecule has 0 atom stereocenters. The number of guanidine groups is 2. The molecule has 4 fully saturated rings. The molecule has 12 nitrogen and oxygen atoms in total. The van der Waals surface area contributed by atoms with Gasteiger partial charge in [-0.15, -0.1) is 0 Å². The maximum Gasteiger partial charge on any atom is 0.288 e. The standard InChI is InChI=1S/2C10H20N4.H2O4S/c2*11-9(12)13-5-8-14-6-3-10(1-2-10)4-7-14;1-5(2,3)4/h2*1-8H2,(H4,11,12,13);(H2,1,2,3,4). The van der Waals surface area contributed by atoms with E-state index in [4.69, 9.17) is 39.8 Å². The average Bonchev–Trinajstić information content (AvgIpc) is 3.63. The summed E-state index contributed by atoms with van der Waals surface area (Å²) in [6.45, 7) is 9.05. The normalized spacial score (nSPS) is 23.1. The van der Waals surface area contributed by atoms with Crippen molar-refractivity contribution in [1.82, 2.24) is 9.80 Å². The van der Waals surface area contributed by atoms with Crippen LogP contribution in [0.1, 0.15) is 51.4 Å². The van der Waals surface area contributed by atoms with Crippen LogP contribution in [0.2, 0.25) is 0 Å². The van der Waals surface area contributed by atoms with Crippen molar-refractivity contribution in [2.75, 3.05) is 52.4 Å². The maximum absolute atomic E-state index is 8.52. The molecule has 2 aliphatic carbocycles. The van der Waals surface area contributed by atoms with Crippen molar-refractivity contribution in [1.29, 1.82) is 10.8 Å². The van der Waals surface area contributed by atoms with Crippen LogP contribution >= 0.6 is 0 Å². The molecule has 2 heterocycles. The predicted octanol–water partition coefficient (Wildman–Crippen LogP) is -2.70. The van der Waals surface area contributed by atoms with Crippen LogP contribution in [0.5, 0.6) is 0 Å². The topological polar surface area (TPSA) is 220 Å². The van der Waals surface area contributed by atoms with Gasteiger partial charge < -0.3 is 20.6 Å². The summed E-state index contributed by atoms with van der Waals surface area (Å²) < 4.78 is 34.1. The summed E-state index contributed by atoms with van der Waals surface area (Å²) in [5.41, 5.74) is 12.1. The fraction of sp³-hybridized carbons (Fsp3) is 0.900. The molecule has 0 amide bonds. The van der Waals surface area contributed by atoms with Gasteiger partial charge in [0.15, 0.2) is 0 Å². The molecule has 0 aromatic heterocycles. The molecule has 192 valence electrons. The van der Waals surface area contributed by atoms with Gasteiger partial charge in [0, 0.05) is 23.5 Å². The molecule has 0 radical (unpaired) electrons. The minimum Gasteiger partial charge on any atom is -0.759 e. The van der Waals surface area contributed by atoms with Gasteiger partial charge >= 0.3 is 0 Å². The fourth-order valence-electron chi connectivity index (χ4n) is 4.66. The van der Waals surface area contributed by atoms with E-state index >= 15 is 0 Å². The molecule has 2 saturated carbocycles. The second-order valence-electron chi connectivity index (χ2n) is 9.99. The van der Waals surface area contributed by atoms with Crippen molar-refractivity contribution in [3.8, 4) is 0 Å². The number of piperidine rings is 2. The Morgan fingerprint density at radius 1 is 0.727 bits per heavy atom. The Morgan fingerprint density at radius 2 is 1.00 bits per heavy atom. The van der Waals surface area contributed by atoms with Crippen molar-refractivity contribution in [3.63, 3.8) is 0 Å². The van der Waals surface area contributed by atoms with Crippen LogP contribution in [0.15, 0.2) is 0 Å². The lowest BCUT2D eigenvalue weighted by molar-refractivity contribution is -0.543. The minimum atomic E-state index is -5.17. The van der Waals surface area contributed by atoms with Gasteiger partial charge in [0.05, 0.1) is 13.1 Å². The third-order valence-electron chi connectivity index (χ3n) is 7.37. The van der Waals surface area contributed by atoms with Gasteiger partial charge in [-0.1, -0.05) is 0 Å². The molecule has 10 N–H and O–H groups in total. The van der Waals surface area contributed by atoms with Gasteiger partial charge in [0.25, 0.3) is 11.9 Å². The number of quaternary nitrogens is 2. The first-order chi connectivity index (χ1) is 15.4. The van der Waals surface area contributed by atoms with Crippen LogP contribution in [-0.2, 0) is 10.4 Å². The molecule has 2 aliphatic heterocycles. The zero-order chi connectivity index (χ0) is 24.5. The molecule has 0 aromatic rings. The van der Waals surface area contributed by atoms with E-state index < -0.39 is 10.4 Å². The van der Waals surface area contributed by atoms with E-state index in [1.807, 2.05) is 10.6 Å². The Balaban J connectivity index is 0.000000195. The lowest BCUT2D eigenvalue weighted by atomic mass is 9.94. The largest absolute Gasteiger partial charge is 0.759 e. The molecule has 2 saturated heterocycles. The Bertz CT molecular complexity index is 679. The summed E-state index contributed by atoms with van der Waals surface area (Å²) in [5, 5.41) is 17.8. The van der Waals surface area contributed by atoms with Crippen LogP contribution in [0.25, 0.3) is 0 Å². The second kappa shape index (κ2) is 12.4. The number of hydrogen-bond acceptors (Lipinski definition) is 8. The zero-order valence-corrected chi connectivity index (χ0v) is 20.4. The molecular formula is C20H42N8O4S. The Kier molecular flexibility index (Phi) is 10.5.